The first kappa shape index (κ1) is 15.3. The molecule has 2 heterocycles. The molecule has 1 saturated heterocycles. The monoisotopic (exact) mass is 336 g/mol. The summed E-state index contributed by atoms with van der Waals surface area (Å²) >= 11 is 11.9. The number of hydrogen-bond acceptors (Lipinski definition) is 3. The molecule has 0 radical (unpaired) electrons. The summed E-state index contributed by atoms with van der Waals surface area (Å²) in [5.41, 5.74) is 1.41. The molecule has 4 nitrogen and oxygen atoms in total. The molecule has 1 aromatic carbocycles. The molecule has 0 unspecified atom stereocenters. The van der Waals surface area contributed by atoms with Gasteiger partial charge in [-0.1, -0.05) is 35.3 Å². The van der Waals surface area contributed by atoms with Crippen LogP contribution in [-0.2, 0) is 4.74 Å². The minimum absolute atomic E-state index is 0.0992. The van der Waals surface area contributed by atoms with Crippen molar-refractivity contribution in [1.29, 1.82) is 0 Å². The van der Waals surface area contributed by atoms with Crippen LogP contribution in [0.1, 0.15) is 28.4 Å². The fourth-order valence-electron chi connectivity index (χ4n) is 2.52. The predicted octanol–water partition coefficient (Wildman–Crippen LogP) is 3.65. The van der Waals surface area contributed by atoms with E-state index in [0.717, 1.165) is 12.0 Å². The summed E-state index contributed by atoms with van der Waals surface area (Å²) in [6.45, 7) is 0.600. The molecule has 2 aromatic rings. The highest BCUT2D eigenvalue weighted by Crippen LogP contribution is 2.30. The van der Waals surface area contributed by atoms with Crippen molar-refractivity contribution >= 4 is 29.1 Å². The summed E-state index contributed by atoms with van der Waals surface area (Å²) in [6.07, 6.45) is 3.57. The van der Waals surface area contributed by atoms with Gasteiger partial charge < -0.3 is 10.1 Å². The third-order valence-corrected chi connectivity index (χ3v) is 4.18. The lowest BCUT2D eigenvalue weighted by Crippen LogP contribution is -2.37. The largest absolute Gasteiger partial charge is 0.371 e. The summed E-state index contributed by atoms with van der Waals surface area (Å²) in [5, 5.41) is 4.00. The van der Waals surface area contributed by atoms with Gasteiger partial charge in [0.05, 0.1) is 16.6 Å². The fraction of sp³-hybridized carbons (Fsp3) is 0.250. The van der Waals surface area contributed by atoms with Crippen molar-refractivity contribution in [2.75, 3.05) is 6.61 Å². The second-order valence-electron chi connectivity index (χ2n) is 5.07. The number of rotatable bonds is 3. The van der Waals surface area contributed by atoms with Gasteiger partial charge in [-0.2, -0.15) is 0 Å². The summed E-state index contributed by atoms with van der Waals surface area (Å²) in [6, 6.07) is 8.96. The molecule has 0 saturated carbocycles. The third kappa shape index (κ3) is 3.24. The first-order valence-electron chi connectivity index (χ1n) is 6.92. The quantitative estimate of drug-likeness (QED) is 0.930. The van der Waals surface area contributed by atoms with Crippen molar-refractivity contribution in [2.24, 2.45) is 0 Å². The lowest BCUT2D eigenvalue weighted by atomic mass is 10.0. The molecule has 3 rings (SSSR count). The molecule has 0 spiro atoms. The van der Waals surface area contributed by atoms with Gasteiger partial charge in [0, 0.05) is 24.0 Å². The summed E-state index contributed by atoms with van der Waals surface area (Å²) in [4.78, 5) is 16.2. The van der Waals surface area contributed by atoms with E-state index in [2.05, 4.69) is 10.3 Å². The highest BCUT2D eigenvalue weighted by molar-refractivity contribution is 6.33. The highest BCUT2D eigenvalue weighted by Gasteiger charge is 2.31. The smallest absolute Gasteiger partial charge is 0.253 e. The number of carbonyl (C=O) groups excluding carboxylic acids is 1. The molecule has 1 aliphatic heterocycles. The number of aromatic nitrogens is 1. The van der Waals surface area contributed by atoms with Gasteiger partial charge in [-0.15, -0.1) is 0 Å². The van der Waals surface area contributed by atoms with E-state index in [9.17, 15) is 4.79 Å². The summed E-state index contributed by atoms with van der Waals surface area (Å²) in [5.74, 6) is -0.220. The summed E-state index contributed by atoms with van der Waals surface area (Å²) in [7, 11) is 0. The Morgan fingerprint density at radius 1 is 1.23 bits per heavy atom. The zero-order chi connectivity index (χ0) is 15.5. The third-order valence-electron chi connectivity index (χ3n) is 3.62. The van der Waals surface area contributed by atoms with Crippen LogP contribution in [0.4, 0.5) is 0 Å². The van der Waals surface area contributed by atoms with Gasteiger partial charge in [0.15, 0.2) is 0 Å². The van der Waals surface area contributed by atoms with Crippen LogP contribution in [0, 0.1) is 0 Å². The van der Waals surface area contributed by atoms with E-state index in [-0.39, 0.29) is 18.1 Å². The number of nitrogens with one attached hydrogen (secondary N) is 1. The number of benzene rings is 1. The van der Waals surface area contributed by atoms with E-state index in [0.29, 0.717) is 22.2 Å². The average molecular weight is 337 g/mol. The highest BCUT2D eigenvalue weighted by atomic mass is 35.5. The lowest BCUT2D eigenvalue weighted by Gasteiger charge is -2.20. The van der Waals surface area contributed by atoms with Gasteiger partial charge in [-0.25, -0.2) is 0 Å². The van der Waals surface area contributed by atoms with Crippen molar-refractivity contribution < 1.29 is 9.53 Å². The van der Waals surface area contributed by atoms with E-state index < -0.39 is 0 Å². The second kappa shape index (κ2) is 6.65. The average Bonchev–Trinajstić information content (AvgIpc) is 2.96. The Kier molecular flexibility index (Phi) is 4.62. The number of pyridine rings is 1. The molecular formula is C16H14Cl2N2O2. The Bertz CT molecular complexity index is 676. The minimum atomic E-state index is -0.220. The fourth-order valence-corrected chi connectivity index (χ4v) is 2.85. The van der Waals surface area contributed by atoms with Gasteiger partial charge in [0.1, 0.15) is 6.10 Å². The Morgan fingerprint density at radius 2 is 2.00 bits per heavy atom. The van der Waals surface area contributed by atoms with Crippen LogP contribution >= 0.6 is 23.2 Å². The molecule has 1 N–H and O–H groups in total. The molecule has 0 bridgehead atoms. The van der Waals surface area contributed by atoms with Crippen molar-refractivity contribution in [3.05, 3.63) is 63.9 Å². The van der Waals surface area contributed by atoms with Crippen LogP contribution < -0.4 is 5.32 Å². The van der Waals surface area contributed by atoms with Crippen LogP contribution in [0.5, 0.6) is 0 Å². The molecule has 1 fully saturated rings. The molecule has 6 heteroatoms. The van der Waals surface area contributed by atoms with Crippen LogP contribution in [0.3, 0.4) is 0 Å². The van der Waals surface area contributed by atoms with Gasteiger partial charge >= 0.3 is 0 Å². The van der Waals surface area contributed by atoms with E-state index in [1.807, 2.05) is 24.3 Å². The van der Waals surface area contributed by atoms with Crippen molar-refractivity contribution in [3.63, 3.8) is 0 Å². The molecule has 2 atom stereocenters. The molecule has 0 aliphatic carbocycles. The number of halogens is 2. The first-order chi connectivity index (χ1) is 10.6. The van der Waals surface area contributed by atoms with Gasteiger partial charge in [0.25, 0.3) is 5.91 Å². The van der Waals surface area contributed by atoms with Gasteiger partial charge in [-0.05, 0) is 30.2 Å². The van der Waals surface area contributed by atoms with Crippen LogP contribution in [-0.4, -0.2) is 23.5 Å². The van der Waals surface area contributed by atoms with Crippen molar-refractivity contribution in [1.82, 2.24) is 10.3 Å². The van der Waals surface area contributed by atoms with Crippen molar-refractivity contribution in [3.8, 4) is 0 Å². The first-order valence-corrected chi connectivity index (χ1v) is 7.68. The zero-order valence-electron chi connectivity index (χ0n) is 11.6. The van der Waals surface area contributed by atoms with Crippen molar-refractivity contribution in [2.45, 2.75) is 18.6 Å². The number of ether oxygens (including phenoxy) is 1. The molecule has 114 valence electrons. The minimum Gasteiger partial charge on any atom is -0.371 e. The van der Waals surface area contributed by atoms with E-state index in [1.165, 1.54) is 6.20 Å². The van der Waals surface area contributed by atoms with E-state index >= 15 is 0 Å². The maximum absolute atomic E-state index is 12.4. The van der Waals surface area contributed by atoms with Crippen LogP contribution in [0.2, 0.25) is 10.0 Å². The predicted molar refractivity (Wildman–Crippen MR) is 85.3 cm³/mol. The van der Waals surface area contributed by atoms with Gasteiger partial charge in [0.2, 0.25) is 0 Å². The molecule has 22 heavy (non-hydrogen) atoms. The lowest BCUT2D eigenvalue weighted by molar-refractivity contribution is 0.0821. The second-order valence-corrected chi connectivity index (χ2v) is 5.91. The summed E-state index contributed by atoms with van der Waals surface area (Å²) < 4.78 is 5.76. The van der Waals surface area contributed by atoms with Crippen LogP contribution in [0.25, 0.3) is 0 Å². The molecular weight excluding hydrogens is 323 g/mol. The number of nitrogens with zero attached hydrogens (tertiary/aromatic N) is 1. The van der Waals surface area contributed by atoms with E-state index in [4.69, 9.17) is 27.9 Å². The van der Waals surface area contributed by atoms with E-state index in [1.54, 1.807) is 12.3 Å². The van der Waals surface area contributed by atoms with Gasteiger partial charge in [-0.3, -0.25) is 9.78 Å². The standard InChI is InChI=1S/C16H14Cl2N2O2/c17-11-3-1-10(2-4-11)15-14(6-8-22-15)20-16(21)12-5-7-19-9-13(12)18/h1-5,7,9,14-15H,6,8H2,(H,20,21)/t14-,15+/m0/s1. The number of amides is 1. The molecule has 1 aliphatic rings. The molecule has 1 amide bonds. The Balaban J connectivity index is 1.75. The number of hydrogen-bond donors (Lipinski definition) is 1. The topological polar surface area (TPSA) is 51.2 Å². The maximum Gasteiger partial charge on any atom is 0.253 e. The Labute approximate surface area is 138 Å². The Hall–Kier alpha value is -1.62. The Morgan fingerprint density at radius 3 is 2.73 bits per heavy atom. The number of carbonyl (C=O) groups is 1. The molecule has 1 aromatic heterocycles. The maximum atomic E-state index is 12.4. The van der Waals surface area contributed by atoms with Crippen LogP contribution in [0.15, 0.2) is 42.7 Å². The SMILES string of the molecule is O=C(N[C@H]1CCO[C@@H]1c1ccc(Cl)cc1)c1ccncc1Cl. The normalized spacial score (nSPS) is 20.8. The zero-order valence-corrected chi connectivity index (χ0v) is 13.1.